The molecule has 0 saturated carbocycles. The van der Waals surface area contributed by atoms with Gasteiger partial charge in [-0.15, -0.1) is 11.3 Å². The van der Waals surface area contributed by atoms with E-state index in [0.717, 1.165) is 21.7 Å². The first-order valence-electron chi connectivity index (χ1n) is 6.30. The van der Waals surface area contributed by atoms with Crippen LogP contribution in [0.1, 0.15) is 23.5 Å². The maximum Gasteiger partial charge on any atom is 0.332 e. The number of carbonyl (C=O) groups is 1. The van der Waals surface area contributed by atoms with E-state index in [4.69, 9.17) is 21.7 Å². The Morgan fingerprint density at radius 3 is 3.05 bits per heavy atom. The van der Waals surface area contributed by atoms with Crippen molar-refractivity contribution in [2.75, 3.05) is 13.2 Å². The Labute approximate surface area is 125 Å². The molecule has 0 aliphatic heterocycles. The van der Waals surface area contributed by atoms with Gasteiger partial charge in [-0.05, 0) is 24.7 Å². The van der Waals surface area contributed by atoms with Crippen molar-refractivity contribution in [3.63, 3.8) is 0 Å². The molecule has 0 bridgehead atoms. The molecule has 104 valence electrons. The highest BCUT2D eigenvalue weighted by Crippen LogP contribution is 2.46. The zero-order chi connectivity index (χ0) is 14.1. The van der Waals surface area contributed by atoms with Gasteiger partial charge in [-0.1, -0.05) is 24.3 Å². The van der Waals surface area contributed by atoms with Gasteiger partial charge in [-0.3, -0.25) is 0 Å². The van der Waals surface area contributed by atoms with E-state index < -0.39 is 0 Å². The fourth-order valence-electron chi connectivity index (χ4n) is 2.34. The predicted molar refractivity (Wildman–Crippen MR) is 79.4 cm³/mol. The van der Waals surface area contributed by atoms with Gasteiger partial charge in [0.2, 0.25) is 0 Å². The largest absolute Gasteiger partial charge is 0.464 e. The van der Waals surface area contributed by atoms with Gasteiger partial charge in [0.1, 0.15) is 12.7 Å². The Morgan fingerprint density at radius 2 is 2.25 bits per heavy atom. The summed E-state index contributed by atoms with van der Waals surface area (Å²) in [6.07, 6.45) is -0.247. The summed E-state index contributed by atoms with van der Waals surface area (Å²) >= 11 is 6.68. The molecule has 1 aromatic carbocycles. The first kappa shape index (κ1) is 13.5. The van der Waals surface area contributed by atoms with Gasteiger partial charge in [-0.2, -0.15) is 0 Å². The lowest BCUT2D eigenvalue weighted by Crippen LogP contribution is -2.14. The van der Waals surface area contributed by atoms with Crippen LogP contribution in [0.5, 0.6) is 0 Å². The lowest BCUT2D eigenvalue weighted by atomic mass is 10.1. The Morgan fingerprint density at radius 1 is 1.45 bits per heavy atom. The molecular weight excluding hydrogens is 294 g/mol. The van der Waals surface area contributed by atoms with Gasteiger partial charge >= 0.3 is 5.97 Å². The van der Waals surface area contributed by atoms with E-state index in [2.05, 4.69) is 4.98 Å². The smallest absolute Gasteiger partial charge is 0.332 e. The number of carbonyl (C=O) groups excluding carboxylic acids is 1. The number of aromatic nitrogens is 1. The van der Waals surface area contributed by atoms with E-state index in [9.17, 15) is 4.79 Å². The number of hydrogen-bond acceptors (Lipinski definition) is 5. The SMILES string of the molecule is CCOC(=O)COC1c2ccccc2-c2[nH]c(=S)sc21. The molecule has 0 saturated heterocycles. The van der Waals surface area contributed by atoms with Crippen LogP contribution in [0.3, 0.4) is 0 Å². The third kappa shape index (κ3) is 2.30. The van der Waals surface area contributed by atoms with E-state index in [-0.39, 0.29) is 18.7 Å². The predicted octanol–water partition coefficient (Wildman–Crippen LogP) is 3.46. The Bertz CT molecular complexity index is 704. The maximum absolute atomic E-state index is 11.5. The minimum Gasteiger partial charge on any atom is -0.464 e. The van der Waals surface area contributed by atoms with E-state index >= 15 is 0 Å². The molecule has 0 spiro atoms. The van der Waals surface area contributed by atoms with Gasteiger partial charge in [0.15, 0.2) is 3.95 Å². The number of H-pyrrole nitrogens is 1. The quantitative estimate of drug-likeness (QED) is 0.694. The molecule has 20 heavy (non-hydrogen) atoms. The summed E-state index contributed by atoms with van der Waals surface area (Å²) in [6.45, 7) is 2.08. The summed E-state index contributed by atoms with van der Waals surface area (Å²) < 4.78 is 11.4. The molecule has 6 heteroatoms. The minimum atomic E-state index is -0.349. The summed E-state index contributed by atoms with van der Waals surface area (Å²) in [6, 6.07) is 7.98. The van der Waals surface area contributed by atoms with Crippen molar-refractivity contribution in [2.45, 2.75) is 13.0 Å². The number of ether oxygens (including phenoxy) is 2. The normalized spacial score (nSPS) is 15.8. The van der Waals surface area contributed by atoms with Crippen LogP contribution in [-0.4, -0.2) is 24.2 Å². The summed E-state index contributed by atoms with van der Waals surface area (Å²) in [4.78, 5) is 15.7. The van der Waals surface area contributed by atoms with Crippen LogP contribution in [0.4, 0.5) is 0 Å². The molecule has 0 radical (unpaired) electrons. The number of rotatable bonds is 4. The number of esters is 1. The van der Waals surface area contributed by atoms with Crippen LogP contribution in [-0.2, 0) is 14.3 Å². The van der Waals surface area contributed by atoms with Crippen molar-refractivity contribution in [1.82, 2.24) is 4.98 Å². The molecule has 1 atom stereocenters. The summed E-state index contributed by atoms with van der Waals surface area (Å²) in [7, 11) is 0. The maximum atomic E-state index is 11.5. The van der Waals surface area contributed by atoms with Crippen molar-refractivity contribution in [1.29, 1.82) is 0 Å². The average Bonchev–Trinajstić information content (AvgIpc) is 2.93. The Hall–Kier alpha value is -1.50. The van der Waals surface area contributed by atoms with Crippen LogP contribution in [0.2, 0.25) is 0 Å². The topological polar surface area (TPSA) is 51.3 Å². The molecule has 3 rings (SSSR count). The van der Waals surface area contributed by atoms with Crippen LogP contribution < -0.4 is 0 Å². The van der Waals surface area contributed by atoms with Crippen molar-refractivity contribution < 1.29 is 14.3 Å². The summed E-state index contributed by atoms with van der Waals surface area (Å²) in [5, 5.41) is 0. The fourth-order valence-corrected chi connectivity index (χ4v) is 3.63. The number of thiazole rings is 1. The van der Waals surface area contributed by atoms with E-state index in [1.165, 1.54) is 11.3 Å². The number of fused-ring (bicyclic) bond motifs is 3. The molecule has 4 nitrogen and oxygen atoms in total. The Kier molecular flexibility index (Phi) is 3.69. The zero-order valence-corrected chi connectivity index (χ0v) is 12.5. The van der Waals surface area contributed by atoms with Crippen molar-refractivity contribution in [3.8, 4) is 11.3 Å². The van der Waals surface area contributed by atoms with Gasteiger partial charge in [-0.25, -0.2) is 4.79 Å². The molecule has 1 aliphatic carbocycles. The van der Waals surface area contributed by atoms with Crippen LogP contribution in [0.25, 0.3) is 11.3 Å². The van der Waals surface area contributed by atoms with Crippen LogP contribution in [0, 0.1) is 3.95 Å². The number of aromatic amines is 1. The molecule has 0 amide bonds. The van der Waals surface area contributed by atoms with E-state index in [0.29, 0.717) is 10.6 Å². The average molecular weight is 307 g/mol. The van der Waals surface area contributed by atoms with Crippen molar-refractivity contribution in [2.24, 2.45) is 0 Å². The first-order valence-corrected chi connectivity index (χ1v) is 7.52. The number of nitrogens with one attached hydrogen (secondary N) is 1. The second-order valence-corrected chi connectivity index (χ2v) is 6.06. The van der Waals surface area contributed by atoms with Gasteiger partial charge < -0.3 is 14.5 Å². The number of benzene rings is 1. The Balaban J connectivity index is 1.90. The molecular formula is C14H13NO3S2. The van der Waals surface area contributed by atoms with Crippen molar-refractivity contribution >= 4 is 29.5 Å². The molecule has 1 heterocycles. The van der Waals surface area contributed by atoms with E-state index in [1.54, 1.807) is 6.92 Å². The highest BCUT2D eigenvalue weighted by Gasteiger charge is 2.32. The second kappa shape index (κ2) is 5.47. The summed E-state index contributed by atoms with van der Waals surface area (Å²) in [5.74, 6) is -0.349. The number of hydrogen-bond donors (Lipinski definition) is 1. The first-order chi connectivity index (χ1) is 9.70. The second-order valence-electron chi connectivity index (χ2n) is 4.34. The van der Waals surface area contributed by atoms with Crippen LogP contribution in [0.15, 0.2) is 24.3 Å². The zero-order valence-electron chi connectivity index (χ0n) is 10.8. The molecule has 1 N–H and O–H groups in total. The van der Waals surface area contributed by atoms with E-state index in [1.807, 2.05) is 24.3 Å². The third-order valence-electron chi connectivity index (χ3n) is 3.10. The fraction of sp³-hybridized carbons (Fsp3) is 0.286. The van der Waals surface area contributed by atoms with Crippen LogP contribution >= 0.6 is 23.6 Å². The van der Waals surface area contributed by atoms with Gasteiger partial charge in [0, 0.05) is 5.56 Å². The molecule has 1 aromatic heterocycles. The van der Waals surface area contributed by atoms with Gasteiger partial charge in [0.05, 0.1) is 17.2 Å². The molecule has 1 unspecified atom stereocenters. The van der Waals surface area contributed by atoms with Crippen molar-refractivity contribution in [3.05, 3.63) is 38.7 Å². The monoisotopic (exact) mass is 307 g/mol. The highest BCUT2D eigenvalue weighted by molar-refractivity contribution is 7.73. The highest BCUT2D eigenvalue weighted by atomic mass is 32.1. The minimum absolute atomic E-state index is 0.0586. The lowest BCUT2D eigenvalue weighted by Gasteiger charge is -2.12. The third-order valence-corrected chi connectivity index (χ3v) is 4.38. The molecule has 2 aromatic rings. The standard InChI is InChI=1S/C14H13NO3S2/c1-2-17-10(16)7-18-12-9-6-4-3-5-8(9)11-13(12)20-14(19)15-11/h3-6,12H,2,7H2,1H3,(H,15,19). The lowest BCUT2D eigenvalue weighted by molar-refractivity contribution is -0.149. The summed E-state index contributed by atoms with van der Waals surface area (Å²) in [5.41, 5.74) is 3.15. The van der Waals surface area contributed by atoms with Gasteiger partial charge in [0.25, 0.3) is 0 Å². The molecule has 0 fully saturated rings. The molecule has 1 aliphatic rings.